The number of aromatic nitrogens is 2. The van der Waals surface area contributed by atoms with Crippen LogP contribution in [0.25, 0.3) is 10.9 Å². The molecule has 0 saturated carbocycles. The fourth-order valence-corrected chi connectivity index (χ4v) is 6.88. The largest absolute Gasteiger partial charge is 0.476 e. The number of fused-ring (bicyclic) bond motifs is 1. The molecule has 61 heavy (non-hydrogen) atoms. The topological polar surface area (TPSA) is 78.6 Å². The number of nitrogens with zero attached hydrogens (tertiary/aromatic N) is 4. The fraction of sp³-hybridized carbons (Fsp3) is 0.434. The average molecular weight is 831 g/mol. The van der Waals surface area contributed by atoms with Crippen LogP contribution in [0.15, 0.2) is 128 Å². The molecule has 8 heteroatoms. The summed E-state index contributed by atoms with van der Waals surface area (Å²) in [6.45, 7) is 30.5. The van der Waals surface area contributed by atoms with Crippen LogP contribution in [-0.2, 0) is 17.8 Å². The van der Waals surface area contributed by atoms with Crippen molar-refractivity contribution >= 4 is 22.5 Å². The second kappa shape index (κ2) is 32.6. The molecule has 8 nitrogen and oxygen atoms in total. The molecule has 0 atom stereocenters. The van der Waals surface area contributed by atoms with Crippen molar-refractivity contribution in [3.63, 3.8) is 0 Å². The van der Waals surface area contributed by atoms with E-state index >= 15 is 0 Å². The second-order valence-corrected chi connectivity index (χ2v) is 14.2. The molecule has 2 aliphatic rings. The van der Waals surface area contributed by atoms with Crippen LogP contribution in [0.1, 0.15) is 102 Å². The highest BCUT2D eigenvalue weighted by Gasteiger charge is 2.15. The minimum absolute atomic E-state index is 0.244. The second-order valence-electron chi connectivity index (χ2n) is 14.2. The van der Waals surface area contributed by atoms with Gasteiger partial charge in [0.05, 0.1) is 29.6 Å². The van der Waals surface area contributed by atoms with Crippen molar-refractivity contribution in [1.29, 1.82) is 5.41 Å². The molecule has 0 aliphatic carbocycles. The van der Waals surface area contributed by atoms with Gasteiger partial charge in [-0.3, -0.25) is 15.0 Å². The first-order valence-electron chi connectivity index (χ1n) is 22.9. The summed E-state index contributed by atoms with van der Waals surface area (Å²) in [6, 6.07) is 35.1. The zero-order valence-electron chi connectivity index (χ0n) is 38.8. The third-order valence-corrected chi connectivity index (χ3v) is 9.87. The Kier molecular flexibility index (Phi) is 27.7. The van der Waals surface area contributed by atoms with E-state index in [1.165, 1.54) is 61.9 Å². The van der Waals surface area contributed by atoms with Crippen molar-refractivity contribution in [2.45, 2.75) is 100 Å². The van der Waals surface area contributed by atoms with Gasteiger partial charge in [-0.2, -0.15) is 0 Å². The van der Waals surface area contributed by atoms with E-state index in [2.05, 4.69) is 94.5 Å². The number of aryl methyl sites for hydroxylation is 1. The highest BCUT2D eigenvalue weighted by Crippen LogP contribution is 2.27. The van der Waals surface area contributed by atoms with Gasteiger partial charge < -0.3 is 19.7 Å². The summed E-state index contributed by atoms with van der Waals surface area (Å²) in [6.07, 6.45) is 10.9. The number of ether oxygens (including phenoxy) is 2. The zero-order chi connectivity index (χ0) is 44.5. The minimum Gasteiger partial charge on any atom is -0.476 e. The van der Waals surface area contributed by atoms with Crippen LogP contribution in [0.4, 0.5) is 5.69 Å². The van der Waals surface area contributed by atoms with Crippen molar-refractivity contribution in [2.24, 2.45) is 0 Å². The smallest absolute Gasteiger partial charge is 0.240 e. The molecule has 0 unspecified atom stereocenters. The van der Waals surface area contributed by atoms with Gasteiger partial charge in [-0.15, -0.1) is 5.10 Å². The van der Waals surface area contributed by atoms with Crippen LogP contribution in [0.5, 0.6) is 5.88 Å². The monoisotopic (exact) mass is 831 g/mol. The molecule has 0 amide bonds. The van der Waals surface area contributed by atoms with Gasteiger partial charge in [0.1, 0.15) is 6.61 Å². The molecule has 0 spiro atoms. The zero-order valence-corrected chi connectivity index (χ0v) is 38.8. The Morgan fingerprint density at radius 1 is 0.689 bits per heavy atom. The molecule has 5 aromatic rings. The SMILES string of the molecule is C=CC=C.CC.CC.CC.Cc1ccc2c(c1)c(OCCCN1CCCC1)nn2Cc1ccccc1.N=C(OCCN1CCCCC1)c1ccccc1NCc1ccccc1. The lowest BCUT2D eigenvalue weighted by Gasteiger charge is -2.26. The third kappa shape index (κ3) is 19.4. The van der Waals surface area contributed by atoms with Crippen molar-refractivity contribution in [3.05, 3.63) is 151 Å². The van der Waals surface area contributed by atoms with Crippen LogP contribution >= 0.6 is 0 Å². The van der Waals surface area contributed by atoms with E-state index in [1.54, 1.807) is 12.2 Å². The molecule has 2 fully saturated rings. The Labute approximate surface area is 370 Å². The first-order chi connectivity index (χ1) is 30.0. The Morgan fingerprint density at radius 2 is 1.25 bits per heavy atom. The summed E-state index contributed by atoms with van der Waals surface area (Å²) in [5.74, 6) is 1.01. The van der Waals surface area contributed by atoms with Gasteiger partial charge in [-0.05, 0) is 101 Å². The van der Waals surface area contributed by atoms with Crippen molar-refractivity contribution in [3.8, 4) is 5.88 Å². The van der Waals surface area contributed by atoms with Gasteiger partial charge in [-0.25, -0.2) is 0 Å². The summed E-state index contributed by atoms with van der Waals surface area (Å²) < 4.78 is 13.9. The van der Waals surface area contributed by atoms with Crippen LogP contribution in [0, 0.1) is 12.3 Å². The Morgan fingerprint density at radius 3 is 1.87 bits per heavy atom. The minimum atomic E-state index is 0.244. The van der Waals surface area contributed by atoms with Crippen LogP contribution in [0.3, 0.4) is 0 Å². The van der Waals surface area contributed by atoms with Crippen molar-refractivity contribution in [1.82, 2.24) is 19.6 Å². The van der Waals surface area contributed by atoms with Gasteiger partial charge >= 0.3 is 0 Å². The van der Waals surface area contributed by atoms with Crippen LogP contribution in [0.2, 0.25) is 0 Å². The molecule has 332 valence electrons. The summed E-state index contributed by atoms with van der Waals surface area (Å²) in [5, 5.41) is 17.6. The quantitative estimate of drug-likeness (QED) is 0.0473. The molecular weight excluding hydrogens is 753 g/mol. The maximum Gasteiger partial charge on any atom is 0.240 e. The maximum absolute atomic E-state index is 8.29. The highest BCUT2D eigenvalue weighted by molar-refractivity contribution is 5.97. The number of allylic oxidation sites excluding steroid dienone is 2. The first-order valence-corrected chi connectivity index (χ1v) is 22.9. The Hall–Kier alpha value is -5.18. The van der Waals surface area contributed by atoms with Gasteiger partial charge in [-0.1, -0.05) is 158 Å². The number of nitrogens with one attached hydrogen (secondary N) is 2. The molecule has 2 saturated heterocycles. The highest BCUT2D eigenvalue weighted by atomic mass is 16.5. The van der Waals surface area contributed by atoms with Crippen molar-refractivity contribution < 1.29 is 9.47 Å². The van der Waals surface area contributed by atoms with E-state index in [4.69, 9.17) is 20.0 Å². The molecule has 3 heterocycles. The maximum atomic E-state index is 8.29. The Bertz CT molecular complexity index is 1870. The van der Waals surface area contributed by atoms with E-state index in [9.17, 15) is 0 Å². The van der Waals surface area contributed by atoms with Gasteiger partial charge in [0.2, 0.25) is 11.8 Å². The molecule has 0 radical (unpaired) electrons. The van der Waals surface area contributed by atoms with Gasteiger partial charge in [0.15, 0.2) is 0 Å². The van der Waals surface area contributed by atoms with Crippen LogP contribution in [-0.4, -0.2) is 78.0 Å². The molecule has 7 rings (SSSR count). The molecule has 2 aliphatic heterocycles. The van der Waals surface area contributed by atoms with Crippen LogP contribution < -0.4 is 10.1 Å². The summed E-state index contributed by atoms with van der Waals surface area (Å²) in [7, 11) is 0. The summed E-state index contributed by atoms with van der Waals surface area (Å²) in [4.78, 5) is 4.95. The molecule has 2 N–H and O–H groups in total. The fourth-order valence-electron chi connectivity index (χ4n) is 6.88. The summed E-state index contributed by atoms with van der Waals surface area (Å²) in [5.41, 5.74) is 6.59. The predicted molar refractivity (Wildman–Crippen MR) is 264 cm³/mol. The number of benzene rings is 4. The third-order valence-electron chi connectivity index (χ3n) is 9.87. The lowest BCUT2D eigenvalue weighted by molar-refractivity contribution is 0.178. The molecule has 1 aromatic heterocycles. The number of hydrogen-bond donors (Lipinski definition) is 2. The number of hydrogen-bond acceptors (Lipinski definition) is 7. The number of likely N-dealkylation sites (tertiary alicyclic amines) is 2. The molecule has 4 aromatic carbocycles. The number of rotatable bonds is 15. The predicted octanol–water partition coefficient (Wildman–Crippen LogP) is 12.8. The number of piperidine rings is 1. The Balaban J connectivity index is 0.000000348. The van der Waals surface area contributed by atoms with E-state index in [0.717, 1.165) is 80.3 Å². The van der Waals surface area contributed by atoms with E-state index in [0.29, 0.717) is 6.61 Å². The summed E-state index contributed by atoms with van der Waals surface area (Å²) >= 11 is 0. The van der Waals surface area contributed by atoms with E-state index in [-0.39, 0.29) is 5.90 Å². The molecule has 0 bridgehead atoms. The normalized spacial score (nSPS) is 13.1. The van der Waals surface area contributed by atoms with Crippen molar-refractivity contribution in [2.75, 3.05) is 57.8 Å². The van der Waals surface area contributed by atoms with Gasteiger partial charge in [0, 0.05) is 25.3 Å². The standard InChI is InChI=1S/C22H27N3O.C21H27N3O.C4H6.3C2H6/c1-18-10-11-21-20(16-18)22(26-15-7-14-24-12-5-6-13-24)23-25(21)17-19-8-3-2-4-9-19;22-21(25-16-15-24-13-7-2-8-14-24)19-11-5-6-12-20(19)23-17-18-9-3-1-4-10-18;1-3-4-2;3*1-2/h2-4,8-11,16H,5-7,12-15,17H2,1H3;1,3-6,9-12,22-23H,2,7-8,13-17H2;3-4H,1-2H2;3*1-2H3. The number of para-hydroxylation sites is 1. The lowest BCUT2D eigenvalue weighted by atomic mass is 10.1. The van der Waals surface area contributed by atoms with E-state index < -0.39 is 0 Å². The molecular formula is C53H78N6O2. The van der Waals surface area contributed by atoms with E-state index in [1.807, 2.05) is 90.1 Å². The number of anilines is 1. The average Bonchev–Trinajstić information content (AvgIpc) is 3.98. The first kappa shape index (κ1) is 52.0. The lowest BCUT2D eigenvalue weighted by Crippen LogP contribution is -2.33. The van der Waals surface area contributed by atoms with Gasteiger partial charge in [0.25, 0.3) is 0 Å².